The van der Waals surface area contributed by atoms with E-state index in [0.29, 0.717) is 28.5 Å². The summed E-state index contributed by atoms with van der Waals surface area (Å²) in [7, 11) is 0. The molecule has 0 aliphatic carbocycles. The Balaban J connectivity index is 1.78. The number of hydrogen-bond donors (Lipinski definition) is 1. The number of nitrogens with one attached hydrogen (secondary N) is 1. The second-order valence-corrected chi connectivity index (χ2v) is 6.51. The molecule has 1 heterocycles. The first-order valence-corrected chi connectivity index (χ1v) is 8.78. The number of alkyl halides is 3. The molecule has 2 amide bonds. The molecule has 1 fully saturated rings. The molecule has 1 saturated heterocycles. The van der Waals surface area contributed by atoms with E-state index in [4.69, 9.17) is 4.74 Å². The summed E-state index contributed by atoms with van der Waals surface area (Å²) in [5, 5.41) is 2.60. The van der Waals surface area contributed by atoms with Crippen LogP contribution < -0.4 is 10.1 Å². The summed E-state index contributed by atoms with van der Waals surface area (Å²) in [4.78, 5) is 24.8. The average molecular weight is 392 g/mol. The molecule has 1 aliphatic heterocycles. The Hall–Kier alpha value is -3.03. The van der Waals surface area contributed by atoms with Crippen LogP contribution in [0.2, 0.25) is 0 Å². The number of para-hydroxylation sites is 3. The van der Waals surface area contributed by atoms with Crippen molar-refractivity contribution < 1.29 is 27.5 Å². The third-order valence-corrected chi connectivity index (χ3v) is 4.52. The molecular weight excluding hydrogens is 373 g/mol. The van der Waals surface area contributed by atoms with Gasteiger partial charge >= 0.3 is 12.1 Å². The third-order valence-electron chi connectivity index (χ3n) is 4.52. The van der Waals surface area contributed by atoms with E-state index in [1.165, 1.54) is 0 Å². The largest absolute Gasteiger partial charge is 0.471 e. The van der Waals surface area contributed by atoms with Crippen molar-refractivity contribution in [1.82, 2.24) is 4.90 Å². The van der Waals surface area contributed by atoms with Crippen molar-refractivity contribution in [3.8, 4) is 11.5 Å². The smallest absolute Gasteiger partial charge is 0.455 e. The van der Waals surface area contributed by atoms with Crippen molar-refractivity contribution in [3.63, 3.8) is 0 Å². The monoisotopic (exact) mass is 392 g/mol. The van der Waals surface area contributed by atoms with E-state index < -0.39 is 24.0 Å². The fourth-order valence-corrected chi connectivity index (χ4v) is 3.11. The van der Waals surface area contributed by atoms with Crippen LogP contribution in [-0.2, 0) is 9.59 Å². The molecule has 0 bridgehead atoms. The van der Waals surface area contributed by atoms with E-state index in [9.17, 15) is 22.8 Å². The van der Waals surface area contributed by atoms with Crippen LogP contribution in [0, 0.1) is 6.92 Å². The Morgan fingerprint density at radius 3 is 2.39 bits per heavy atom. The second kappa shape index (κ2) is 7.92. The van der Waals surface area contributed by atoms with Crippen LogP contribution in [0.5, 0.6) is 11.5 Å². The van der Waals surface area contributed by atoms with E-state index in [1.807, 2.05) is 25.1 Å². The van der Waals surface area contributed by atoms with E-state index in [1.54, 1.807) is 30.3 Å². The first-order valence-electron chi connectivity index (χ1n) is 8.78. The summed E-state index contributed by atoms with van der Waals surface area (Å²) in [6.45, 7) is 1.77. The van der Waals surface area contributed by atoms with Gasteiger partial charge in [0.2, 0.25) is 5.91 Å². The molecule has 8 heteroatoms. The number of benzene rings is 2. The molecule has 0 radical (unpaired) electrons. The van der Waals surface area contributed by atoms with Gasteiger partial charge in [-0.2, -0.15) is 13.2 Å². The van der Waals surface area contributed by atoms with Crippen molar-refractivity contribution in [2.45, 2.75) is 32.0 Å². The topological polar surface area (TPSA) is 58.6 Å². The quantitative estimate of drug-likeness (QED) is 0.845. The number of likely N-dealkylation sites (tertiary alicyclic amines) is 1. The van der Waals surface area contributed by atoms with Gasteiger partial charge in [-0.05, 0) is 43.5 Å². The maximum Gasteiger partial charge on any atom is 0.471 e. The van der Waals surface area contributed by atoms with Crippen LogP contribution in [0.15, 0.2) is 48.5 Å². The third kappa shape index (κ3) is 4.27. The molecule has 0 spiro atoms. The van der Waals surface area contributed by atoms with Gasteiger partial charge in [-0.15, -0.1) is 0 Å². The van der Waals surface area contributed by atoms with E-state index in [-0.39, 0.29) is 13.0 Å². The summed E-state index contributed by atoms with van der Waals surface area (Å²) in [6, 6.07) is 12.8. The Morgan fingerprint density at radius 2 is 1.71 bits per heavy atom. The SMILES string of the molecule is Cc1ccccc1Oc1ccccc1NC(=O)C1CCCN1C(=O)C(F)(F)F. The molecule has 1 N–H and O–H groups in total. The molecule has 1 atom stereocenters. The predicted molar refractivity (Wildman–Crippen MR) is 97.1 cm³/mol. The molecule has 28 heavy (non-hydrogen) atoms. The molecule has 1 aliphatic rings. The van der Waals surface area contributed by atoms with Crippen molar-refractivity contribution in [1.29, 1.82) is 0 Å². The lowest BCUT2D eigenvalue weighted by Crippen LogP contribution is -2.48. The lowest BCUT2D eigenvalue weighted by atomic mass is 10.2. The average Bonchev–Trinajstić information content (AvgIpc) is 3.13. The summed E-state index contributed by atoms with van der Waals surface area (Å²) >= 11 is 0. The normalized spacial score (nSPS) is 16.7. The number of ether oxygens (including phenoxy) is 1. The Kier molecular flexibility index (Phi) is 5.58. The first-order chi connectivity index (χ1) is 13.3. The number of anilines is 1. The summed E-state index contributed by atoms with van der Waals surface area (Å²) < 4.78 is 44.2. The fraction of sp³-hybridized carbons (Fsp3) is 0.300. The van der Waals surface area contributed by atoms with Crippen LogP contribution in [0.1, 0.15) is 18.4 Å². The zero-order valence-corrected chi connectivity index (χ0v) is 15.1. The number of carbonyl (C=O) groups excluding carboxylic acids is 2. The van der Waals surface area contributed by atoms with Crippen molar-refractivity contribution in [2.75, 3.05) is 11.9 Å². The van der Waals surface area contributed by atoms with Gasteiger partial charge in [0.25, 0.3) is 0 Å². The van der Waals surface area contributed by atoms with Crippen LogP contribution in [0.3, 0.4) is 0 Å². The van der Waals surface area contributed by atoms with Crippen LogP contribution in [-0.4, -0.2) is 35.5 Å². The Labute approximate surface area is 160 Å². The van der Waals surface area contributed by atoms with Crippen molar-refractivity contribution in [2.24, 2.45) is 0 Å². The lowest BCUT2D eigenvalue weighted by molar-refractivity contribution is -0.186. The van der Waals surface area contributed by atoms with Gasteiger partial charge in [-0.25, -0.2) is 0 Å². The van der Waals surface area contributed by atoms with Gasteiger partial charge in [0.05, 0.1) is 5.69 Å². The molecule has 2 aromatic carbocycles. The Bertz CT molecular complexity index is 883. The van der Waals surface area contributed by atoms with Crippen LogP contribution in [0.25, 0.3) is 0 Å². The van der Waals surface area contributed by atoms with Crippen LogP contribution >= 0.6 is 0 Å². The molecule has 0 aromatic heterocycles. The number of hydrogen-bond acceptors (Lipinski definition) is 3. The number of aryl methyl sites for hydroxylation is 1. The lowest BCUT2D eigenvalue weighted by Gasteiger charge is -2.25. The molecule has 148 valence electrons. The van der Waals surface area contributed by atoms with E-state index >= 15 is 0 Å². The maximum atomic E-state index is 12.8. The molecular formula is C20H19F3N2O3. The number of amides is 2. The second-order valence-electron chi connectivity index (χ2n) is 6.51. The summed E-state index contributed by atoms with van der Waals surface area (Å²) in [5.74, 6) is -1.71. The molecule has 2 aromatic rings. The minimum absolute atomic E-state index is 0.0994. The van der Waals surface area contributed by atoms with Gasteiger partial charge in [-0.1, -0.05) is 30.3 Å². The fourth-order valence-electron chi connectivity index (χ4n) is 3.11. The number of halogens is 3. The molecule has 5 nitrogen and oxygen atoms in total. The predicted octanol–water partition coefficient (Wildman–Crippen LogP) is 4.28. The zero-order valence-electron chi connectivity index (χ0n) is 15.1. The molecule has 1 unspecified atom stereocenters. The van der Waals surface area contributed by atoms with E-state index in [0.717, 1.165) is 5.56 Å². The van der Waals surface area contributed by atoms with Crippen molar-refractivity contribution >= 4 is 17.5 Å². The zero-order chi connectivity index (χ0) is 20.3. The highest BCUT2D eigenvalue weighted by Crippen LogP contribution is 2.32. The summed E-state index contributed by atoms with van der Waals surface area (Å²) in [6.07, 6.45) is -4.50. The van der Waals surface area contributed by atoms with Crippen LogP contribution in [0.4, 0.5) is 18.9 Å². The van der Waals surface area contributed by atoms with Gasteiger partial charge in [0.1, 0.15) is 11.8 Å². The molecule has 3 rings (SSSR count). The highest BCUT2D eigenvalue weighted by atomic mass is 19.4. The van der Waals surface area contributed by atoms with Gasteiger partial charge in [0.15, 0.2) is 5.75 Å². The highest BCUT2D eigenvalue weighted by Gasteiger charge is 2.47. The molecule has 0 saturated carbocycles. The Morgan fingerprint density at radius 1 is 1.07 bits per heavy atom. The standard InChI is InChI=1S/C20H19F3N2O3/c1-13-7-2-4-10-16(13)28-17-11-5-3-8-14(17)24-18(26)15-9-6-12-25(15)19(27)20(21,22)23/h2-5,7-8,10-11,15H,6,9,12H2,1H3,(H,24,26). The maximum absolute atomic E-state index is 12.8. The number of carbonyl (C=O) groups is 2. The number of rotatable bonds is 4. The minimum atomic E-state index is -5.01. The van der Waals surface area contributed by atoms with Crippen molar-refractivity contribution in [3.05, 3.63) is 54.1 Å². The summed E-state index contributed by atoms with van der Waals surface area (Å²) in [5.41, 5.74) is 1.21. The van der Waals surface area contributed by atoms with Gasteiger partial charge in [-0.3, -0.25) is 9.59 Å². The minimum Gasteiger partial charge on any atom is -0.455 e. The van der Waals surface area contributed by atoms with Gasteiger partial charge < -0.3 is 15.0 Å². The van der Waals surface area contributed by atoms with Gasteiger partial charge in [0, 0.05) is 6.54 Å². The highest BCUT2D eigenvalue weighted by molar-refractivity contribution is 5.99. The van der Waals surface area contributed by atoms with E-state index in [2.05, 4.69) is 5.32 Å². The first kappa shape index (κ1) is 19.7. The number of nitrogens with zero attached hydrogens (tertiary/aromatic N) is 1.